The SMILES string of the molecule is COC[C@H](C)N[C@H]1CC[C@H](Nc2cc(-c3cccc(NCC4(O)CCOCC4)c3)c(F)cn2)CC1. The molecule has 1 aromatic carbocycles. The molecule has 4 rings (SSSR count). The molecule has 1 atom stereocenters. The lowest BCUT2D eigenvalue weighted by Crippen LogP contribution is -2.42. The molecule has 0 unspecified atom stereocenters. The second kappa shape index (κ2) is 12.1. The van der Waals surface area contributed by atoms with Gasteiger partial charge in [0, 0.05) is 69.1 Å². The second-order valence-electron chi connectivity index (χ2n) is 10.0. The van der Waals surface area contributed by atoms with E-state index in [1.165, 1.54) is 6.20 Å². The zero-order valence-electron chi connectivity index (χ0n) is 20.9. The van der Waals surface area contributed by atoms with Crippen LogP contribution in [0, 0.1) is 5.82 Å². The number of nitrogens with zero attached hydrogens (tertiary/aromatic N) is 1. The van der Waals surface area contributed by atoms with Gasteiger partial charge in [0.25, 0.3) is 0 Å². The van der Waals surface area contributed by atoms with Gasteiger partial charge in [-0.3, -0.25) is 0 Å². The van der Waals surface area contributed by atoms with E-state index >= 15 is 0 Å². The molecule has 1 aliphatic heterocycles. The fourth-order valence-corrected chi connectivity index (χ4v) is 5.04. The lowest BCUT2D eigenvalue weighted by Gasteiger charge is -2.32. The molecule has 4 N–H and O–H groups in total. The molecule has 8 heteroatoms. The minimum atomic E-state index is -0.774. The van der Waals surface area contributed by atoms with Crippen LogP contribution in [0.25, 0.3) is 11.1 Å². The van der Waals surface area contributed by atoms with Crippen LogP contribution < -0.4 is 16.0 Å². The Morgan fingerprint density at radius 3 is 2.66 bits per heavy atom. The maximum absolute atomic E-state index is 14.8. The number of anilines is 2. The number of hydrogen-bond donors (Lipinski definition) is 4. The molecule has 1 saturated heterocycles. The van der Waals surface area contributed by atoms with Crippen molar-refractivity contribution in [2.24, 2.45) is 0 Å². The molecule has 0 amide bonds. The van der Waals surface area contributed by atoms with Crippen molar-refractivity contribution >= 4 is 11.5 Å². The number of rotatable bonds is 10. The molecule has 1 aliphatic carbocycles. The molecule has 1 saturated carbocycles. The Kier molecular flexibility index (Phi) is 8.94. The Labute approximate surface area is 207 Å². The summed E-state index contributed by atoms with van der Waals surface area (Å²) in [4.78, 5) is 4.30. The smallest absolute Gasteiger partial charge is 0.149 e. The third-order valence-electron chi connectivity index (χ3n) is 7.09. The molecule has 0 spiro atoms. The van der Waals surface area contributed by atoms with Crippen molar-refractivity contribution in [1.29, 1.82) is 0 Å². The maximum Gasteiger partial charge on any atom is 0.149 e. The molecule has 2 fully saturated rings. The monoisotopic (exact) mass is 486 g/mol. The molecule has 1 aromatic heterocycles. The van der Waals surface area contributed by atoms with E-state index in [-0.39, 0.29) is 5.82 Å². The van der Waals surface area contributed by atoms with Gasteiger partial charge in [0.15, 0.2) is 0 Å². The number of nitrogens with one attached hydrogen (secondary N) is 3. The first-order chi connectivity index (χ1) is 16.9. The number of benzene rings is 1. The molecule has 2 aliphatic rings. The maximum atomic E-state index is 14.8. The lowest BCUT2D eigenvalue weighted by atomic mass is 9.90. The fourth-order valence-electron chi connectivity index (χ4n) is 5.04. The summed E-state index contributed by atoms with van der Waals surface area (Å²) in [5, 5.41) is 21.2. The Morgan fingerprint density at radius 1 is 1.17 bits per heavy atom. The van der Waals surface area contributed by atoms with Crippen LogP contribution in [0.4, 0.5) is 15.9 Å². The summed E-state index contributed by atoms with van der Waals surface area (Å²) < 4.78 is 25.3. The first kappa shape index (κ1) is 25.8. The Balaban J connectivity index is 1.36. The van der Waals surface area contributed by atoms with Gasteiger partial charge < -0.3 is 30.5 Å². The van der Waals surface area contributed by atoms with Crippen molar-refractivity contribution in [3.63, 3.8) is 0 Å². The van der Waals surface area contributed by atoms with Crippen molar-refractivity contribution in [3.8, 4) is 11.1 Å². The highest BCUT2D eigenvalue weighted by Gasteiger charge is 2.29. The molecule has 35 heavy (non-hydrogen) atoms. The van der Waals surface area contributed by atoms with Gasteiger partial charge in [-0.15, -0.1) is 0 Å². The van der Waals surface area contributed by atoms with E-state index in [0.29, 0.717) is 68.7 Å². The standard InChI is InChI=1S/C27H39FN4O3/c1-19(17-34-2)31-21-6-8-22(9-7-21)32-26-15-24(25(28)16-29-26)20-4-3-5-23(14-20)30-18-27(33)10-12-35-13-11-27/h3-5,14-16,19,21-22,30-31,33H,6-13,17-18H2,1-2H3,(H,29,32)/t19-,21-,22-/m0/s1. The average Bonchev–Trinajstić information content (AvgIpc) is 2.86. The highest BCUT2D eigenvalue weighted by atomic mass is 19.1. The Hall–Kier alpha value is -2.26. The molecular formula is C27H39FN4O3. The minimum Gasteiger partial charge on any atom is -0.388 e. The third kappa shape index (κ3) is 7.36. The van der Waals surface area contributed by atoms with Crippen LogP contribution in [0.3, 0.4) is 0 Å². The van der Waals surface area contributed by atoms with Crippen LogP contribution in [0.5, 0.6) is 0 Å². The fraction of sp³-hybridized carbons (Fsp3) is 0.593. The number of aromatic nitrogens is 1. The highest BCUT2D eigenvalue weighted by Crippen LogP contribution is 2.29. The van der Waals surface area contributed by atoms with E-state index in [9.17, 15) is 9.50 Å². The molecule has 2 heterocycles. The minimum absolute atomic E-state index is 0.324. The number of hydrogen-bond acceptors (Lipinski definition) is 7. The van der Waals surface area contributed by atoms with Gasteiger partial charge in [-0.2, -0.15) is 0 Å². The van der Waals surface area contributed by atoms with Gasteiger partial charge in [0.1, 0.15) is 11.6 Å². The summed E-state index contributed by atoms with van der Waals surface area (Å²) in [5.41, 5.74) is 1.36. The summed E-state index contributed by atoms with van der Waals surface area (Å²) in [6, 6.07) is 10.6. The average molecular weight is 487 g/mol. The van der Waals surface area contributed by atoms with Gasteiger partial charge in [-0.05, 0) is 56.4 Å². The number of ether oxygens (including phenoxy) is 2. The van der Waals surface area contributed by atoms with Crippen LogP contribution >= 0.6 is 0 Å². The first-order valence-corrected chi connectivity index (χ1v) is 12.8. The number of pyridine rings is 1. The van der Waals surface area contributed by atoms with Crippen LogP contribution in [-0.4, -0.2) is 67.3 Å². The van der Waals surface area contributed by atoms with E-state index < -0.39 is 5.60 Å². The van der Waals surface area contributed by atoms with Crippen LogP contribution in [0.15, 0.2) is 36.5 Å². The Bertz CT molecular complexity index is 946. The summed E-state index contributed by atoms with van der Waals surface area (Å²) in [5.74, 6) is 0.344. The number of halogens is 1. The van der Waals surface area contributed by atoms with Crippen molar-refractivity contribution in [2.75, 3.05) is 44.1 Å². The zero-order chi connectivity index (χ0) is 24.7. The van der Waals surface area contributed by atoms with Crippen molar-refractivity contribution in [2.45, 2.75) is 69.2 Å². The highest BCUT2D eigenvalue weighted by molar-refractivity contribution is 5.70. The van der Waals surface area contributed by atoms with Gasteiger partial charge >= 0.3 is 0 Å². The van der Waals surface area contributed by atoms with E-state index in [1.54, 1.807) is 13.2 Å². The number of aliphatic hydroxyl groups is 1. The van der Waals surface area contributed by atoms with E-state index in [0.717, 1.165) is 36.9 Å². The van der Waals surface area contributed by atoms with E-state index in [2.05, 4.69) is 27.9 Å². The van der Waals surface area contributed by atoms with Gasteiger partial charge in [0.05, 0.1) is 18.4 Å². The van der Waals surface area contributed by atoms with Gasteiger partial charge in [-0.1, -0.05) is 12.1 Å². The molecule has 2 aromatic rings. The number of methoxy groups -OCH3 is 1. The molecule has 7 nitrogen and oxygen atoms in total. The molecular weight excluding hydrogens is 447 g/mol. The van der Waals surface area contributed by atoms with Crippen molar-refractivity contribution < 1.29 is 19.0 Å². The normalized spacial score (nSPS) is 23.0. The summed E-state index contributed by atoms with van der Waals surface area (Å²) in [6.07, 6.45) is 6.77. The van der Waals surface area contributed by atoms with Crippen molar-refractivity contribution in [3.05, 3.63) is 42.3 Å². The van der Waals surface area contributed by atoms with E-state index in [4.69, 9.17) is 9.47 Å². The topological polar surface area (TPSA) is 87.7 Å². The summed E-state index contributed by atoms with van der Waals surface area (Å²) >= 11 is 0. The molecule has 192 valence electrons. The predicted molar refractivity (Wildman–Crippen MR) is 137 cm³/mol. The van der Waals surface area contributed by atoms with Crippen LogP contribution in [0.1, 0.15) is 45.4 Å². The zero-order valence-corrected chi connectivity index (χ0v) is 20.9. The quantitative estimate of drug-likeness (QED) is 0.401. The Morgan fingerprint density at radius 2 is 1.91 bits per heavy atom. The summed E-state index contributed by atoms with van der Waals surface area (Å²) in [7, 11) is 1.73. The largest absolute Gasteiger partial charge is 0.388 e. The van der Waals surface area contributed by atoms with Gasteiger partial charge in [-0.25, -0.2) is 9.37 Å². The van der Waals surface area contributed by atoms with Crippen LogP contribution in [-0.2, 0) is 9.47 Å². The van der Waals surface area contributed by atoms with Crippen LogP contribution in [0.2, 0.25) is 0 Å². The molecule has 0 radical (unpaired) electrons. The van der Waals surface area contributed by atoms with Gasteiger partial charge in [0.2, 0.25) is 0 Å². The lowest BCUT2D eigenvalue weighted by molar-refractivity contribution is -0.0543. The van der Waals surface area contributed by atoms with E-state index in [1.807, 2.05) is 24.3 Å². The second-order valence-corrected chi connectivity index (χ2v) is 10.0. The third-order valence-corrected chi connectivity index (χ3v) is 7.09. The van der Waals surface area contributed by atoms with Crippen molar-refractivity contribution in [1.82, 2.24) is 10.3 Å². The first-order valence-electron chi connectivity index (χ1n) is 12.8. The summed E-state index contributed by atoms with van der Waals surface area (Å²) in [6.45, 7) is 4.44. The molecule has 0 bridgehead atoms. The predicted octanol–water partition coefficient (Wildman–Crippen LogP) is 4.19.